The fourth-order valence-electron chi connectivity index (χ4n) is 1.67. The van der Waals surface area contributed by atoms with Gasteiger partial charge in [-0.1, -0.05) is 10.6 Å². The molecule has 0 atom stereocenters. The molecule has 1 aromatic heterocycles. The van der Waals surface area contributed by atoms with E-state index in [0.717, 1.165) is 28.3 Å². The number of amides is 1. The molecule has 0 saturated heterocycles. The molecule has 1 aromatic carbocycles. The number of anilines is 1. The Morgan fingerprint density at radius 1 is 1.18 bits per heavy atom. The predicted molar refractivity (Wildman–Crippen MR) is 68.5 cm³/mol. The number of nitrogens with one attached hydrogen (secondary N) is 1. The van der Waals surface area contributed by atoms with Crippen LogP contribution in [0.25, 0.3) is 0 Å². The number of carbonyl (C=O) groups excluding carboxylic acids is 1. The van der Waals surface area contributed by atoms with Crippen LogP contribution in [0.2, 0.25) is 0 Å². The molecule has 0 spiro atoms. The lowest BCUT2D eigenvalue weighted by atomic mass is 10.1. The third-order valence-electron chi connectivity index (χ3n) is 2.34. The van der Waals surface area contributed by atoms with E-state index in [4.69, 9.17) is 0 Å². The van der Waals surface area contributed by atoms with Gasteiger partial charge in [0, 0.05) is 5.69 Å². The first-order valence-electron chi connectivity index (χ1n) is 5.25. The summed E-state index contributed by atoms with van der Waals surface area (Å²) in [4.78, 5) is 12.5. The predicted octanol–water partition coefficient (Wildman–Crippen LogP) is 2.72. The van der Waals surface area contributed by atoms with Crippen LogP contribution in [0, 0.1) is 20.8 Å². The number of rotatable bonds is 2. The van der Waals surface area contributed by atoms with E-state index in [1.165, 1.54) is 0 Å². The highest BCUT2D eigenvalue weighted by Gasteiger charge is 2.13. The van der Waals surface area contributed by atoms with Crippen molar-refractivity contribution in [2.24, 2.45) is 0 Å². The minimum atomic E-state index is -0.150. The second-order valence-electron chi connectivity index (χ2n) is 4.02. The molecule has 4 nitrogen and oxygen atoms in total. The Balaban J connectivity index is 2.21. The highest BCUT2D eigenvalue weighted by molar-refractivity contribution is 7.08. The van der Waals surface area contributed by atoms with E-state index in [1.807, 2.05) is 26.0 Å². The van der Waals surface area contributed by atoms with Gasteiger partial charge in [0.2, 0.25) is 0 Å². The molecule has 0 saturated carbocycles. The molecule has 17 heavy (non-hydrogen) atoms. The topological polar surface area (TPSA) is 54.9 Å². The van der Waals surface area contributed by atoms with Crippen molar-refractivity contribution in [2.45, 2.75) is 20.8 Å². The first kappa shape index (κ1) is 11.7. The van der Waals surface area contributed by atoms with Crippen LogP contribution in [0.1, 0.15) is 26.5 Å². The Labute approximate surface area is 104 Å². The van der Waals surface area contributed by atoms with Gasteiger partial charge in [0.1, 0.15) is 4.88 Å². The van der Waals surface area contributed by atoms with Gasteiger partial charge in [0.05, 0.1) is 5.69 Å². The first-order valence-corrected chi connectivity index (χ1v) is 6.02. The maximum Gasteiger partial charge on any atom is 0.269 e. The lowest BCUT2D eigenvalue weighted by molar-refractivity contribution is 0.103. The van der Waals surface area contributed by atoms with Gasteiger partial charge < -0.3 is 5.32 Å². The molecule has 0 unspecified atom stereocenters. The zero-order chi connectivity index (χ0) is 12.4. The molecular formula is C12H13N3OS. The summed E-state index contributed by atoms with van der Waals surface area (Å²) in [7, 11) is 0. The van der Waals surface area contributed by atoms with E-state index in [9.17, 15) is 4.79 Å². The maximum atomic E-state index is 11.9. The Kier molecular flexibility index (Phi) is 3.19. The number of aromatic nitrogens is 2. The maximum absolute atomic E-state index is 11.9. The number of carbonyl (C=O) groups is 1. The summed E-state index contributed by atoms with van der Waals surface area (Å²) in [5, 5.41) is 6.68. The van der Waals surface area contributed by atoms with Gasteiger partial charge in [-0.25, -0.2) is 0 Å². The van der Waals surface area contributed by atoms with E-state index in [0.29, 0.717) is 10.6 Å². The van der Waals surface area contributed by atoms with Crippen molar-refractivity contribution in [3.8, 4) is 0 Å². The van der Waals surface area contributed by atoms with Gasteiger partial charge in [-0.15, -0.1) is 5.10 Å². The van der Waals surface area contributed by atoms with Gasteiger partial charge >= 0.3 is 0 Å². The fraction of sp³-hybridized carbons (Fsp3) is 0.250. The standard InChI is InChI=1S/C12H13N3OS/c1-7-4-8(2)6-10(5-7)13-12(16)11-9(3)14-15-17-11/h4-6H,1-3H3,(H,13,16). The lowest BCUT2D eigenvalue weighted by Crippen LogP contribution is -2.11. The highest BCUT2D eigenvalue weighted by atomic mass is 32.1. The number of aryl methyl sites for hydroxylation is 3. The molecule has 0 aliphatic rings. The van der Waals surface area contributed by atoms with Gasteiger partial charge in [-0.3, -0.25) is 4.79 Å². The average Bonchev–Trinajstić information content (AvgIpc) is 2.62. The first-order chi connectivity index (χ1) is 8.06. The normalized spacial score (nSPS) is 10.3. The van der Waals surface area contributed by atoms with Crippen molar-refractivity contribution in [1.29, 1.82) is 0 Å². The summed E-state index contributed by atoms with van der Waals surface area (Å²) in [5.41, 5.74) is 3.72. The summed E-state index contributed by atoms with van der Waals surface area (Å²) < 4.78 is 3.75. The van der Waals surface area contributed by atoms with Crippen LogP contribution in [0.4, 0.5) is 5.69 Å². The van der Waals surface area contributed by atoms with Crippen molar-refractivity contribution in [1.82, 2.24) is 9.59 Å². The Hall–Kier alpha value is -1.75. The van der Waals surface area contributed by atoms with Crippen molar-refractivity contribution >= 4 is 23.1 Å². The van der Waals surface area contributed by atoms with Gasteiger partial charge in [-0.2, -0.15) is 0 Å². The second kappa shape index (κ2) is 4.63. The third kappa shape index (κ3) is 2.68. The van der Waals surface area contributed by atoms with Crippen molar-refractivity contribution in [3.63, 3.8) is 0 Å². The van der Waals surface area contributed by atoms with Crippen molar-refractivity contribution in [3.05, 3.63) is 39.9 Å². The SMILES string of the molecule is Cc1cc(C)cc(NC(=O)c2snnc2C)c1. The summed E-state index contributed by atoms with van der Waals surface area (Å²) in [6, 6.07) is 5.94. The van der Waals surface area contributed by atoms with E-state index < -0.39 is 0 Å². The van der Waals surface area contributed by atoms with Crippen LogP contribution in [0.5, 0.6) is 0 Å². The van der Waals surface area contributed by atoms with E-state index >= 15 is 0 Å². The van der Waals surface area contributed by atoms with Gasteiger partial charge in [-0.05, 0) is 55.6 Å². The molecule has 2 aromatic rings. The number of hydrogen-bond donors (Lipinski definition) is 1. The minimum absolute atomic E-state index is 0.150. The largest absolute Gasteiger partial charge is 0.321 e. The molecular weight excluding hydrogens is 234 g/mol. The zero-order valence-corrected chi connectivity index (χ0v) is 10.8. The molecule has 0 aliphatic carbocycles. The number of benzene rings is 1. The summed E-state index contributed by atoms with van der Waals surface area (Å²) >= 11 is 1.11. The molecule has 0 fully saturated rings. The van der Waals surface area contributed by atoms with Crippen LogP contribution in [-0.2, 0) is 0 Å². The average molecular weight is 247 g/mol. The molecule has 0 bridgehead atoms. The molecule has 1 N–H and O–H groups in total. The van der Waals surface area contributed by atoms with E-state index in [-0.39, 0.29) is 5.91 Å². The van der Waals surface area contributed by atoms with Crippen LogP contribution >= 0.6 is 11.5 Å². The zero-order valence-electron chi connectivity index (χ0n) is 9.94. The van der Waals surface area contributed by atoms with Crippen LogP contribution in [-0.4, -0.2) is 15.5 Å². The molecule has 2 rings (SSSR count). The van der Waals surface area contributed by atoms with E-state index in [2.05, 4.69) is 21.0 Å². The van der Waals surface area contributed by atoms with Crippen molar-refractivity contribution in [2.75, 3.05) is 5.32 Å². The Bertz CT molecular complexity index is 542. The quantitative estimate of drug-likeness (QED) is 0.887. The Morgan fingerprint density at radius 2 is 1.82 bits per heavy atom. The molecule has 88 valence electrons. The monoisotopic (exact) mass is 247 g/mol. The smallest absolute Gasteiger partial charge is 0.269 e. The molecule has 0 radical (unpaired) electrons. The number of hydrogen-bond acceptors (Lipinski definition) is 4. The second-order valence-corrected chi connectivity index (χ2v) is 4.77. The Morgan fingerprint density at radius 3 is 2.35 bits per heavy atom. The lowest BCUT2D eigenvalue weighted by Gasteiger charge is -2.06. The number of nitrogens with zero attached hydrogens (tertiary/aromatic N) is 2. The van der Waals surface area contributed by atoms with Gasteiger partial charge in [0.25, 0.3) is 5.91 Å². The van der Waals surface area contributed by atoms with Crippen LogP contribution in [0.15, 0.2) is 18.2 Å². The van der Waals surface area contributed by atoms with Crippen LogP contribution in [0.3, 0.4) is 0 Å². The summed E-state index contributed by atoms with van der Waals surface area (Å²) in [6.07, 6.45) is 0. The minimum Gasteiger partial charge on any atom is -0.321 e. The highest BCUT2D eigenvalue weighted by Crippen LogP contribution is 2.16. The van der Waals surface area contributed by atoms with Crippen molar-refractivity contribution < 1.29 is 4.79 Å². The fourth-order valence-corrected chi connectivity index (χ4v) is 2.23. The molecule has 1 heterocycles. The summed E-state index contributed by atoms with van der Waals surface area (Å²) in [6.45, 7) is 5.78. The van der Waals surface area contributed by atoms with E-state index in [1.54, 1.807) is 6.92 Å². The van der Waals surface area contributed by atoms with Gasteiger partial charge in [0.15, 0.2) is 0 Å². The summed E-state index contributed by atoms with van der Waals surface area (Å²) in [5.74, 6) is -0.150. The molecule has 5 heteroatoms. The molecule has 1 amide bonds. The third-order valence-corrected chi connectivity index (χ3v) is 3.16. The molecule has 0 aliphatic heterocycles. The van der Waals surface area contributed by atoms with Crippen LogP contribution < -0.4 is 5.32 Å².